The van der Waals surface area contributed by atoms with Crippen molar-refractivity contribution in [3.05, 3.63) is 29.8 Å². The zero-order valence-electron chi connectivity index (χ0n) is 21.2. The van der Waals surface area contributed by atoms with Gasteiger partial charge in [0.05, 0.1) is 17.5 Å². The van der Waals surface area contributed by atoms with Gasteiger partial charge in [-0.15, -0.1) is 0 Å². The van der Waals surface area contributed by atoms with Crippen molar-refractivity contribution in [1.82, 2.24) is 15.1 Å². The number of nitrogens with zero attached hydrogens (tertiary/aromatic N) is 2. The van der Waals surface area contributed by atoms with Crippen LogP contribution in [0.1, 0.15) is 81.0 Å². The van der Waals surface area contributed by atoms with Gasteiger partial charge >= 0.3 is 0 Å². The minimum Gasteiger partial charge on any atom is -0.491 e. The molecule has 0 aromatic heterocycles. The van der Waals surface area contributed by atoms with Gasteiger partial charge in [-0.3, -0.25) is 14.4 Å². The number of benzene rings is 1. The fourth-order valence-corrected chi connectivity index (χ4v) is 6.11. The quantitative estimate of drug-likeness (QED) is 0.702. The van der Waals surface area contributed by atoms with E-state index in [2.05, 4.69) is 5.32 Å². The van der Waals surface area contributed by atoms with E-state index in [0.717, 1.165) is 25.7 Å². The summed E-state index contributed by atoms with van der Waals surface area (Å²) in [5.41, 5.74) is 0.105. The summed E-state index contributed by atoms with van der Waals surface area (Å²) in [5, 5.41) is 2.87. The first kappa shape index (κ1) is 25.5. The number of carbonyl (C=O) groups excluding carboxylic acids is 3. The van der Waals surface area contributed by atoms with Crippen molar-refractivity contribution in [2.24, 2.45) is 11.3 Å². The summed E-state index contributed by atoms with van der Waals surface area (Å²) >= 11 is 0. The monoisotopic (exact) mass is 483 g/mol. The molecule has 5 rings (SSSR count). The Balaban J connectivity index is 1.50. The fraction of sp³-hybridized carbons (Fsp3) is 0.679. The van der Waals surface area contributed by atoms with Crippen LogP contribution < -0.4 is 10.1 Å². The van der Waals surface area contributed by atoms with E-state index in [1.165, 1.54) is 25.7 Å². The zero-order valence-corrected chi connectivity index (χ0v) is 21.2. The van der Waals surface area contributed by atoms with Crippen LogP contribution in [0.5, 0.6) is 5.75 Å². The van der Waals surface area contributed by atoms with Gasteiger partial charge in [0.15, 0.2) is 0 Å². The third-order valence-electron chi connectivity index (χ3n) is 8.38. The molecule has 2 bridgehead atoms. The summed E-state index contributed by atoms with van der Waals surface area (Å²) < 4.78 is 6.07. The maximum Gasteiger partial charge on any atom is 0.257 e. The number of fused-ring (bicyclic) bond motifs is 9. The number of hydrogen-bond donors (Lipinski definition) is 1. The van der Waals surface area contributed by atoms with E-state index in [-0.39, 0.29) is 17.7 Å². The van der Waals surface area contributed by atoms with Crippen molar-refractivity contribution in [2.45, 2.75) is 70.6 Å². The van der Waals surface area contributed by atoms with Gasteiger partial charge < -0.3 is 19.9 Å². The van der Waals surface area contributed by atoms with Gasteiger partial charge in [-0.1, -0.05) is 44.2 Å². The first-order chi connectivity index (χ1) is 17.0. The highest BCUT2D eigenvalue weighted by atomic mass is 16.5. The Morgan fingerprint density at radius 1 is 1.00 bits per heavy atom. The van der Waals surface area contributed by atoms with E-state index in [4.69, 9.17) is 4.74 Å². The highest BCUT2D eigenvalue weighted by Gasteiger charge is 2.41. The molecule has 192 valence electrons. The second-order valence-electron chi connectivity index (χ2n) is 10.5. The van der Waals surface area contributed by atoms with Crippen LogP contribution in [-0.2, 0) is 9.59 Å². The molecule has 35 heavy (non-hydrogen) atoms. The minimum atomic E-state index is -0.445. The summed E-state index contributed by atoms with van der Waals surface area (Å²) in [6.07, 6.45) is 10.5. The lowest BCUT2D eigenvalue weighted by atomic mass is 9.73. The molecule has 1 saturated heterocycles. The number of ether oxygens (including phenoxy) is 1. The number of para-hydroxylation sites is 1. The third-order valence-corrected chi connectivity index (χ3v) is 8.38. The summed E-state index contributed by atoms with van der Waals surface area (Å²) in [4.78, 5) is 43.2. The Labute approximate surface area is 209 Å². The molecule has 7 nitrogen and oxygen atoms in total. The number of carbonyl (C=O) groups is 3. The highest BCUT2D eigenvalue weighted by Crippen LogP contribution is 2.38. The van der Waals surface area contributed by atoms with Gasteiger partial charge in [-0.05, 0) is 50.2 Å². The zero-order chi connectivity index (χ0) is 24.7. The molecule has 1 aliphatic carbocycles. The van der Waals surface area contributed by atoms with Crippen molar-refractivity contribution in [3.63, 3.8) is 0 Å². The van der Waals surface area contributed by atoms with Gasteiger partial charge in [-0.2, -0.15) is 0 Å². The predicted molar refractivity (Wildman–Crippen MR) is 135 cm³/mol. The van der Waals surface area contributed by atoms with Gasteiger partial charge in [0.25, 0.3) is 5.91 Å². The molecule has 0 radical (unpaired) electrons. The number of nitrogens with one attached hydrogen (secondary N) is 1. The Morgan fingerprint density at radius 2 is 1.74 bits per heavy atom. The Morgan fingerprint density at radius 3 is 2.49 bits per heavy atom. The van der Waals surface area contributed by atoms with Crippen LogP contribution in [-0.4, -0.2) is 67.4 Å². The molecule has 1 saturated carbocycles. The Bertz CT molecular complexity index is 888. The third kappa shape index (κ3) is 6.17. The topological polar surface area (TPSA) is 79.0 Å². The van der Waals surface area contributed by atoms with Crippen molar-refractivity contribution in [1.29, 1.82) is 0 Å². The van der Waals surface area contributed by atoms with Crippen LogP contribution in [0.15, 0.2) is 24.3 Å². The first-order valence-electron chi connectivity index (χ1n) is 13.5. The van der Waals surface area contributed by atoms with Gasteiger partial charge in [-0.25, -0.2) is 0 Å². The lowest BCUT2D eigenvalue weighted by Crippen LogP contribution is -2.49. The van der Waals surface area contributed by atoms with E-state index in [0.29, 0.717) is 69.3 Å². The number of rotatable bonds is 4. The molecule has 0 spiro atoms. The second kappa shape index (κ2) is 11.9. The smallest absolute Gasteiger partial charge is 0.257 e. The van der Waals surface area contributed by atoms with Crippen LogP contribution in [0, 0.1) is 11.3 Å². The summed E-state index contributed by atoms with van der Waals surface area (Å²) in [7, 11) is 1.70. The normalized spacial score (nSPS) is 21.6. The molecular formula is C28H41N3O4. The van der Waals surface area contributed by atoms with Crippen LogP contribution in [0.25, 0.3) is 0 Å². The fourth-order valence-electron chi connectivity index (χ4n) is 6.11. The highest BCUT2D eigenvalue weighted by molar-refractivity contribution is 5.97. The van der Waals surface area contributed by atoms with E-state index in [9.17, 15) is 14.4 Å². The van der Waals surface area contributed by atoms with E-state index >= 15 is 0 Å². The molecule has 7 heteroatoms. The lowest BCUT2D eigenvalue weighted by molar-refractivity contribution is -0.134. The summed E-state index contributed by atoms with van der Waals surface area (Å²) in [6, 6.07) is 7.36. The SMILES string of the molecule is CNC(=O)C12CCCCN(C(=O)CCC3CCCC3)CCOc3ccccc3C(=O)N(CC1)CC2. The number of hydrogen-bond acceptors (Lipinski definition) is 4. The molecule has 2 fully saturated rings. The van der Waals surface area contributed by atoms with E-state index in [1.54, 1.807) is 13.1 Å². The average Bonchev–Trinajstić information content (AvgIpc) is 3.41. The van der Waals surface area contributed by atoms with Crippen molar-refractivity contribution < 1.29 is 19.1 Å². The molecule has 1 aromatic carbocycles. The summed E-state index contributed by atoms with van der Waals surface area (Å²) in [6.45, 7) is 2.68. The van der Waals surface area contributed by atoms with Crippen LogP contribution in [0.3, 0.4) is 0 Å². The maximum absolute atomic E-state index is 13.3. The molecule has 4 aliphatic rings. The molecule has 3 amide bonds. The number of amides is 3. The van der Waals surface area contributed by atoms with Crippen LogP contribution >= 0.6 is 0 Å². The molecule has 1 aromatic rings. The van der Waals surface area contributed by atoms with Gasteiger partial charge in [0.1, 0.15) is 12.4 Å². The van der Waals surface area contributed by atoms with E-state index < -0.39 is 5.41 Å². The molecular weight excluding hydrogens is 442 g/mol. The summed E-state index contributed by atoms with van der Waals surface area (Å²) in [5.74, 6) is 1.47. The molecule has 0 atom stereocenters. The van der Waals surface area contributed by atoms with Gasteiger partial charge in [0, 0.05) is 33.1 Å². The van der Waals surface area contributed by atoms with Crippen molar-refractivity contribution >= 4 is 17.7 Å². The molecule has 0 unspecified atom stereocenters. The average molecular weight is 484 g/mol. The van der Waals surface area contributed by atoms with Crippen LogP contribution in [0.4, 0.5) is 0 Å². The maximum atomic E-state index is 13.3. The first-order valence-corrected chi connectivity index (χ1v) is 13.5. The van der Waals surface area contributed by atoms with Crippen LogP contribution in [0.2, 0.25) is 0 Å². The Hall–Kier alpha value is -2.57. The lowest BCUT2D eigenvalue weighted by Gasteiger charge is -2.40. The van der Waals surface area contributed by atoms with Gasteiger partial charge in [0.2, 0.25) is 11.8 Å². The predicted octanol–water partition coefficient (Wildman–Crippen LogP) is 4.02. The standard InChI is InChI=1S/C28H41N3O4/c1-29-27(34)28-14-6-7-17-30(25(32)13-12-22-8-2-3-9-22)20-21-35-24-11-5-4-10-23(24)26(33)31(18-15-28)19-16-28/h4-5,10-11,22H,2-3,6-9,12-21H2,1H3,(H,29,34). The largest absolute Gasteiger partial charge is 0.491 e. The molecule has 1 N–H and O–H groups in total. The second-order valence-corrected chi connectivity index (χ2v) is 10.5. The van der Waals surface area contributed by atoms with E-state index in [1.807, 2.05) is 28.0 Å². The van der Waals surface area contributed by atoms with Crippen molar-refractivity contribution in [3.8, 4) is 5.75 Å². The Kier molecular flexibility index (Phi) is 8.69. The number of piperidine rings is 1. The van der Waals surface area contributed by atoms with Crippen molar-refractivity contribution in [2.75, 3.05) is 39.8 Å². The molecule has 3 aliphatic heterocycles. The minimum absolute atomic E-state index is 0.0505. The molecule has 3 heterocycles.